The molecule has 1 atom stereocenters. The van der Waals surface area contributed by atoms with Crippen molar-refractivity contribution in [3.05, 3.63) is 65.4 Å². The highest BCUT2D eigenvalue weighted by atomic mass is 16.6. The van der Waals surface area contributed by atoms with E-state index in [4.69, 9.17) is 19.3 Å². The predicted octanol–water partition coefficient (Wildman–Crippen LogP) is 0.776. The van der Waals surface area contributed by atoms with E-state index in [-0.39, 0.29) is 75.6 Å². The Morgan fingerprint density at radius 1 is 0.979 bits per heavy atom. The number of para-hydroxylation sites is 1. The molecule has 1 aromatic heterocycles. The molecular weight excluding hydrogens is 612 g/mol. The van der Waals surface area contributed by atoms with E-state index in [9.17, 15) is 24.0 Å². The molecule has 3 aromatic rings. The SMILES string of the molecule is O=C(CNc1cc(NC(=O)c2ccc3ccccc3n2)cc2c1CN(C1CCC(=O)NC1=O)C2=O)NCCOCCOCCOCO. The third kappa shape index (κ3) is 8.65. The highest BCUT2D eigenvalue weighted by Crippen LogP contribution is 2.35. The van der Waals surface area contributed by atoms with Crippen LogP contribution in [0, 0.1) is 0 Å². The minimum absolute atomic E-state index is 0.0763. The fourth-order valence-electron chi connectivity index (χ4n) is 5.28. The lowest BCUT2D eigenvalue weighted by Crippen LogP contribution is -2.52. The zero-order chi connectivity index (χ0) is 33.2. The lowest BCUT2D eigenvalue weighted by molar-refractivity contribution is -0.137. The monoisotopic (exact) mass is 648 g/mol. The van der Waals surface area contributed by atoms with E-state index in [2.05, 4.69) is 26.3 Å². The number of anilines is 2. The van der Waals surface area contributed by atoms with Crippen molar-refractivity contribution in [3.63, 3.8) is 0 Å². The minimum atomic E-state index is -0.831. The van der Waals surface area contributed by atoms with Crippen LogP contribution in [0.2, 0.25) is 0 Å². The van der Waals surface area contributed by atoms with Crippen LogP contribution in [0.1, 0.15) is 39.3 Å². The number of hydrogen-bond donors (Lipinski definition) is 5. The van der Waals surface area contributed by atoms with E-state index in [0.29, 0.717) is 42.3 Å². The zero-order valence-electron chi connectivity index (χ0n) is 25.6. The molecule has 5 amide bonds. The number of fused-ring (bicyclic) bond motifs is 2. The molecule has 5 rings (SSSR count). The lowest BCUT2D eigenvalue weighted by atomic mass is 10.0. The van der Waals surface area contributed by atoms with Crippen LogP contribution in [0.3, 0.4) is 0 Å². The van der Waals surface area contributed by atoms with Gasteiger partial charge >= 0.3 is 0 Å². The zero-order valence-corrected chi connectivity index (χ0v) is 25.6. The molecule has 0 saturated carbocycles. The van der Waals surface area contributed by atoms with E-state index in [0.717, 1.165) is 5.39 Å². The number of nitrogens with zero attached hydrogens (tertiary/aromatic N) is 2. The maximum atomic E-state index is 13.6. The summed E-state index contributed by atoms with van der Waals surface area (Å²) in [5, 5.41) is 20.3. The molecule has 1 saturated heterocycles. The molecule has 2 aliphatic rings. The highest BCUT2D eigenvalue weighted by molar-refractivity contribution is 6.09. The average molecular weight is 649 g/mol. The first-order valence-electron chi connectivity index (χ1n) is 15.2. The topological polar surface area (TPSA) is 198 Å². The Hall–Kier alpha value is -4.96. The van der Waals surface area contributed by atoms with E-state index < -0.39 is 23.8 Å². The Morgan fingerprint density at radius 2 is 1.74 bits per heavy atom. The molecule has 0 aliphatic carbocycles. The molecule has 47 heavy (non-hydrogen) atoms. The predicted molar refractivity (Wildman–Crippen MR) is 168 cm³/mol. The van der Waals surface area contributed by atoms with E-state index in [1.54, 1.807) is 24.3 Å². The molecule has 0 bridgehead atoms. The summed E-state index contributed by atoms with van der Waals surface area (Å²) in [6.07, 6.45) is 0.303. The smallest absolute Gasteiger partial charge is 0.274 e. The van der Waals surface area contributed by atoms with Gasteiger partial charge in [0.1, 0.15) is 18.5 Å². The summed E-state index contributed by atoms with van der Waals surface area (Å²) in [6, 6.07) is 13.1. The van der Waals surface area contributed by atoms with Gasteiger partial charge in [-0.25, -0.2) is 4.98 Å². The summed E-state index contributed by atoms with van der Waals surface area (Å²) >= 11 is 0. The standard InChI is InChI=1S/C32H36N6O9/c39-19-47-14-13-46-12-11-45-10-9-33-29(41)17-34-26-16-21(35-30(42)25-6-5-20-3-1-2-4-24(20)36-25)15-22-23(26)18-38(32(22)44)27-7-8-28(40)37-31(27)43/h1-6,15-16,27,34,39H,7-14,17-19H2,(H,33,41)(H,35,42)(H,37,40,43). The highest BCUT2D eigenvalue weighted by Gasteiger charge is 2.40. The summed E-state index contributed by atoms with van der Waals surface area (Å²) in [4.78, 5) is 69.5. The van der Waals surface area contributed by atoms with Crippen LogP contribution in [0.5, 0.6) is 0 Å². The van der Waals surface area contributed by atoms with Gasteiger partial charge in [-0.15, -0.1) is 0 Å². The largest absolute Gasteiger partial charge is 0.377 e. The Morgan fingerprint density at radius 3 is 2.53 bits per heavy atom. The molecule has 0 radical (unpaired) electrons. The van der Waals surface area contributed by atoms with Crippen LogP contribution in [0.4, 0.5) is 11.4 Å². The van der Waals surface area contributed by atoms with Crippen molar-refractivity contribution in [1.29, 1.82) is 0 Å². The number of piperidine rings is 1. The fourth-order valence-corrected chi connectivity index (χ4v) is 5.28. The number of aliphatic hydroxyl groups is 1. The number of nitrogens with one attached hydrogen (secondary N) is 4. The third-order valence-corrected chi connectivity index (χ3v) is 7.59. The van der Waals surface area contributed by atoms with Gasteiger partial charge in [0.15, 0.2) is 0 Å². The van der Waals surface area contributed by atoms with Gasteiger partial charge in [-0.1, -0.05) is 24.3 Å². The van der Waals surface area contributed by atoms with Gasteiger partial charge in [0.2, 0.25) is 17.7 Å². The number of benzene rings is 2. The van der Waals surface area contributed by atoms with Crippen molar-refractivity contribution in [2.45, 2.75) is 25.4 Å². The molecule has 2 aromatic carbocycles. The maximum Gasteiger partial charge on any atom is 0.274 e. The van der Waals surface area contributed by atoms with Gasteiger partial charge in [-0.3, -0.25) is 29.3 Å². The first kappa shape index (κ1) is 33.4. The van der Waals surface area contributed by atoms with Crippen molar-refractivity contribution < 1.29 is 43.3 Å². The van der Waals surface area contributed by atoms with Crippen molar-refractivity contribution >= 4 is 51.8 Å². The van der Waals surface area contributed by atoms with Gasteiger partial charge in [0.25, 0.3) is 11.8 Å². The second-order valence-electron chi connectivity index (χ2n) is 10.8. The summed E-state index contributed by atoms with van der Waals surface area (Å²) in [5.41, 5.74) is 2.38. The molecule has 15 heteroatoms. The maximum absolute atomic E-state index is 13.6. The quantitative estimate of drug-likeness (QED) is 0.0836. The summed E-state index contributed by atoms with van der Waals surface area (Å²) in [5.74, 6) is -2.18. The number of aromatic nitrogens is 1. The number of aliphatic hydroxyl groups excluding tert-OH is 1. The number of carbonyl (C=O) groups excluding carboxylic acids is 5. The number of pyridine rings is 1. The van der Waals surface area contributed by atoms with Crippen LogP contribution in [0.25, 0.3) is 10.9 Å². The van der Waals surface area contributed by atoms with Gasteiger partial charge in [0.05, 0.1) is 45.1 Å². The van der Waals surface area contributed by atoms with Crippen LogP contribution in [0.15, 0.2) is 48.5 Å². The number of hydrogen-bond acceptors (Lipinski definition) is 11. The molecule has 2 aliphatic heterocycles. The first-order chi connectivity index (χ1) is 22.8. The molecule has 248 valence electrons. The molecule has 0 spiro atoms. The van der Waals surface area contributed by atoms with Crippen LogP contribution < -0.4 is 21.3 Å². The van der Waals surface area contributed by atoms with Crippen LogP contribution >= 0.6 is 0 Å². The molecular formula is C32H36N6O9. The summed E-state index contributed by atoms with van der Waals surface area (Å²) < 4.78 is 15.5. The van der Waals surface area contributed by atoms with Crippen molar-refractivity contribution in [3.8, 4) is 0 Å². The van der Waals surface area contributed by atoms with Crippen LogP contribution in [-0.2, 0) is 35.1 Å². The number of ether oxygens (including phenoxy) is 3. The molecule has 1 unspecified atom stereocenters. The molecule has 15 nitrogen and oxygen atoms in total. The Balaban J connectivity index is 1.24. The van der Waals surface area contributed by atoms with Gasteiger partial charge in [-0.2, -0.15) is 0 Å². The molecule has 3 heterocycles. The minimum Gasteiger partial charge on any atom is -0.377 e. The number of amides is 5. The fraction of sp³-hybridized carbons (Fsp3) is 0.375. The Labute approximate surface area is 269 Å². The van der Waals surface area contributed by atoms with Gasteiger partial charge in [-0.05, 0) is 30.7 Å². The lowest BCUT2D eigenvalue weighted by Gasteiger charge is -2.29. The normalized spacial score (nSPS) is 15.8. The van der Waals surface area contributed by atoms with Crippen molar-refractivity contribution in [2.24, 2.45) is 0 Å². The van der Waals surface area contributed by atoms with Crippen molar-refractivity contribution in [2.75, 3.05) is 63.6 Å². The van der Waals surface area contributed by atoms with Crippen LogP contribution in [-0.4, -0.2) is 103 Å². The Kier molecular flexibility index (Phi) is 11.4. The number of rotatable bonds is 16. The average Bonchev–Trinajstić information content (AvgIpc) is 3.39. The first-order valence-corrected chi connectivity index (χ1v) is 15.2. The molecule has 1 fully saturated rings. The number of carbonyl (C=O) groups is 5. The van der Waals surface area contributed by atoms with E-state index in [1.807, 2.05) is 18.2 Å². The van der Waals surface area contributed by atoms with Gasteiger partial charge < -0.3 is 40.2 Å². The second kappa shape index (κ2) is 16.0. The summed E-state index contributed by atoms with van der Waals surface area (Å²) in [7, 11) is 0. The second-order valence-corrected chi connectivity index (χ2v) is 10.8. The third-order valence-electron chi connectivity index (χ3n) is 7.59. The van der Waals surface area contributed by atoms with E-state index >= 15 is 0 Å². The molecule has 5 N–H and O–H groups in total. The number of imide groups is 1. The van der Waals surface area contributed by atoms with E-state index in [1.165, 1.54) is 11.0 Å². The summed E-state index contributed by atoms with van der Waals surface area (Å²) in [6.45, 7) is 1.37. The van der Waals surface area contributed by atoms with Gasteiger partial charge in [0, 0.05) is 47.4 Å². The Bertz CT molecular complexity index is 1650. The van der Waals surface area contributed by atoms with Crippen molar-refractivity contribution in [1.82, 2.24) is 20.5 Å².